The highest BCUT2D eigenvalue weighted by Gasteiger charge is 1.93. The second-order valence-electron chi connectivity index (χ2n) is 2.62. The molecule has 0 aliphatic rings. The first-order valence-corrected chi connectivity index (χ1v) is 5.48. The molecule has 0 aliphatic carbocycles. The molecule has 0 aromatic carbocycles. The summed E-state index contributed by atoms with van der Waals surface area (Å²) < 4.78 is 0. The Morgan fingerprint density at radius 1 is 1.57 bits per heavy atom. The molecule has 3 N–H and O–H groups in total. The summed E-state index contributed by atoms with van der Waals surface area (Å²) in [4.78, 5) is 7.83. The van der Waals surface area contributed by atoms with E-state index >= 15 is 0 Å². The van der Waals surface area contributed by atoms with Crippen molar-refractivity contribution in [2.45, 2.75) is 0 Å². The van der Waals surface area contributed by atoms with E-state index in [0.29, 0.717) is 5.82 Å². The Bertz CT molecular complexity index is 290. The van der Waals surface area contributed by atoms with E-state index in [1.54, 1.807) is 6.07 Å². The van der Waals surface area contributed by atoms with E-state index < -0.39 is 0 Å². The number of thioether (sulfide) groups is 1. The summed E-state index contributed by atoms with van der Waals surface area (Å²) in [6.45, 7) is 4.52. The van der Waals surface area contributed by atoms with E-state index in [-0.39, 0.29) is 0 Å². The van der Waals surface area contributed by atoms with Crippen LogP contribution in [0.1, 0.15) is 0 Å². The van der Waals surface area contributed by atoms with Crippen molar-refractivity contribution in [3.05, 3.63) is 25.0 Å². The molecule has 0 unspecified atom stereocenters. The van der Waals surface area contributed by atoms with E-state index in [4.69, 9.17) is 5.73 Å². The molecule has 1 aromatic heterocycles. The van der Waals surface area contributed by atoms with Crippen molar-refractivity contribution in [1.82, 2.24) is 9.97 Å². The fourth-order valence-corrected chi connectivity index (χ4v) is 1.47. The number of rotatable bonds is 6. The molecule has 0 amide bonds. The quantitative estimate of drug-likeness (QED) is 0.549. The molecule has 0 spiro atoms. The Kier molecular flexibility index (Phi) is 4.85. The van der Waals surface area contributed by atoms with Crippen LogP contribution in [0.15, 0.2) is 25.0 Å². The number of hydrogen-bond acceptors (Lipinski definition) is 5. The minimum absolute atomic E-state index is 0.487. The molecule has 5 heteroatoms. The number of nitrogens with two attached hydrogens (primary N) is 1. The second-order valence-corrected chi connectivity index (χ2v) is 3.77. The summed E-state index contributed by atoms with van der Waals surface area (Å²) in [7, 11) is 0. The van der Waals surface area contributed by atoms with E-state index in [1.807, 2.05) is 17.8 Å². The lowest BCUT2D eigenvalue weighted by molar-refractivity contribution is 1.12. The smallest absolute Gasteiger partial charge is 0.131 e. The van der Waals surface area contributed by atoms with Gasteiger partial charge >= 0.3 is 0 Å². The molecular formula is C9H14N4S. The molecule has 0 saturated carbocycles. The average Bonchev–Trinajstić information content (AvgIpc) is 2.18. The maximum absolute atomic E-state index is 5.50. The number of hydrogen-bond donors (Lipinski definition) is 2. The summed E-state index contributed by atoms with van der Waals surface area (Å²) in [6, 6.07) is 1.72. The molecule has 0 radical (unpaired) electrons. The molecule has 0 atom stereocenters. The Morgan fingerprint density at radius 3 is 3.14 bits per heavy atom. The molecule has 4 nitrogen and oxygen atoms in total. The molecule has 14 heavy (non-hydrogen) atoms. The average molecular weight is 210 g/mol. The van der Waals surface area contributed by atoms with Gasteiger partial charge < -0.3 is 11.1 Å². The summed E-state index contributed by atoms with van der Waals surface area (Å²) in [5, 5.41) is 3.16. The van der Waals surface area contributed by atoms with Crippen molar-refractivity contribution in [3.8, 4) is 0 Å². The zero-order chi connectivity index (χ0) is 10.2. The van der Waals surface area contributed by atoms with Crippen LogP contribution in [-0.2, 0) is 0 Å². The zero-order valence-electron chi connectivity index (χ0n) is 7.94. The first-order valence-electron chi connectivity index (χ1n) is 4.33. The van der Waals surface area contributed by atoms with Crippen LogP contribution < -0.4 is 11.1 Å². The minimum Gasteiger partial charge on any atom is -0.384 e. The molecule has 0 aliphatic heterocycles. The number of nitrogens with one attached hydrogen (secondary N) is 1. The third-order valence-corrected chi connectivity index (χ3v) is 2.44. The lowest BCUT2D eigenvalue weighted by Gasteiger charge is -2.04. The van der Waals surface area contributed by atoms with Gasteiger partial charge in [0, 0.05) is 24.1 Å². The van der Waals surface area contributed by atoms with Crippen molar-refractivity contribution in [2.24, 2.45) is 0 Å². The van der Waals surface area contributed by atoms with E-state index in [2.05, 4.69) is 21.9 Å². The SMILES string of the molecule is C=CCSCCNc1cc(N)ncn1. The normalized spacial score (nSPS) is 9.71. The second kappa shape index (κ2) is 6.26. The van der Waals surface area contributed by atoms with Crippen molar-refractivity contribution in [2.75, 3.05) is 29.1 Å². The molecule has 1 aromatic rings. The van der Waals surface area contributed by atoms with Gasteiger partial charge in [-0.3, -0.25) is 0 Å². The number of nitrogen functional groups attached to an aromatic ring is 1. The largest absolute Gasteiger partial charge is 0.384 e. The highest BCUT2D eigenvalue weighted by atomic mass is 32.2. The number of aromatic nitrogens is 2. The lowest BCUT2D eigenvalue weighted by Crippen LogP contribution is -2.06. The van der Waals surface area contributed by atoms with Crippen LogP contribution >= 0.6 is 11.8 Å². The molecule has 1 rings (SSSR count). The lowest BCUT2D eigenvalue weighted by atomic mass is 10.5. The standard InChI is InChI=1S/C9H14N4S/c1-2-4-14-5-3-11-9-6-8(10)12-7-13-9/h2,6-7H,1,3-5H2,(H3,10,11,12,13). The van der Waals surface area contributed by atoms with E-state index in [0.717, 1.165) is 23.9 Å². The highest BCUT2D eigenvalue weighted by Crippen LogP contribution is 2.05. The number of nitrogens with zero attached hydrogens (tertiary/aromatic N) is 2. The molecular weight excluding hydrogens is 196 g/mol. The third kappa shape index (κ3) is 4.13. The number of anilines is 2. The molecule has 1 heterocycles. The highest BCUT2D eigenvalue weighted by molar-refractivity contribution is 7.99. The van der Waals surface area contributed by atoms with Crippen LogP contribution in [-0.4, -0.2) is 28.0 Å². The molecule has 76 valence electrons. The van der Waals surface area contributed by atoms with Crippen LogP contribution in [0.5, 0.6) is 0 Å². The first kappa shape index (κ1) is 10.8. The van der Waals surface area contributed by atoms with E-state index in [1.165, 1.54) is 6.33 Å². The van der Waals surface area contributed by atoms with Gasteiger partial charge in [0.05, 0.1) is 0 Å². The topological polar surface area (TPSA) is 63.8 Å². The van der Waals surface area contributed by atoms with Crippen molar-refractivity contribution >= 4 is 23.4 Å². The Hall–Kier alpha value is -1.23. The van der Waals surface area contributed by atoms with Gasteiger partial charge in [0.25, 0.3) is 0 Å². The van der Waals surface area contributed by atoms with E-state index in [9.17, 15) is 0 Å². The Morgan fingerprint density at radius 2 is 2.43 bits per heavy atom. The zero-order valence-corrected chi connectivity index (χ0v) is 8.76. The van der Waals surface area contributed by atoms with Crippen molar-refractivity contribution in [1.29, 1.82) is 0 Å². The molecule has 0 fully saturated rings. The summed E-state index contributed by atoms with van der Waals surface area (Å²) in [6.07, 6.45) is 3.35. The third-order valence-electron chi connectivity index (χ3n) is 1.48. The van der Waals surface area contributed by atoms with Gasteiger partial charge in [0.2, 0.25) is 0 Å². The Labute approximate surface area is 88.0 Å². The maximum atomic E-state index is 5.50. The van der Waals surface area contributed by atoms with Crippen LogP contribution in [0, 0.1) is 0 Å². The van der Waals surface area contributed by atoms with Crippen LogP contribution in [0.3, 0.4) is 0 Å². The van der Waals surface area contributed by atoms with Crippen molar-refractivity contribution < 1.29 is 0 Å². The van der Waals surface area contributed by atoms with Crippen molar-refractivity contribution in [3.63, 3.8) is 0 Å². The Balaban J connectivity index is 2.21. The molecule has 0 bridgehead atoms. The fourth-order valence-electron chi connectivity index (χ4n) is 0.887. The molecule has 0 saturated heterocycles. The van der Waals surface area contributed by atoms with Gasteiger partial charge in [0.1, 0.15) is 18.0 Å². The van der Waals surface area contributed by atoms with Gasteiger partial charge in [-0.15, -0.1) is 6.58 Å². The van der Waals surface area contributed by atoms with Crippen LogP contribution in [0.4, 0.5) is 11.6 Å². The summed E-state index contributed by atoms with van der Waals surface area (Å²) in [5.41, 5.74) is 5.50. The monoisotopic (exact) mass is 210 g/mol. The van der Waals surface area contributed by atoms with Crippen LogP contribution in [0.2, 0.25) is 0 Å². The first-order chi connectivity index (χ1) is 6.83. The predicted octanol–water partition coefficient (Wildman–Crippen LogP) is 1.39. The fraction of sp³-hybridized carbons (Fsp3) is 0.333. The van der Waals surface area contributed by atoms with Crippen LogP contribution in [0.25, 0.3) is 0 Å². The maximum Gasteiger partial charge on any atom is 0.131 e. The van der Waals surface area contributed by atoms with Gasteiger partial charge in [-0.1, -0.05) is 6.08 Å². The predicted molar refractivity (Wildman–Crippen MR) is 62.5 cm³/mol. The van der Waals surface area contributed by atoms with Gasteiger partial charge in [-0.25, -0.2) is 9.97 Å². The van der Waals surface area contributed by atoms with Gasteiger partial charge in [-0.2, -0.15) is 11.8 Å². The van der Waals surface area contributed by atoms with Gasteiger partial charge in [0.15, 0.2) is 0 Å². The summed E-state index contributed by atoms with van der Waals surface area (Å²) >= 11 is 1.82. The van der Waals surface area contributed by atoms with Gasteiger partial charge in [-0.05, 0) is 0 Å². The minimum atomic E-state index is 0.487. The summed E-state index contributed by atoms with van der Waals surface area (Å²) in [5.74, 6) is 3.27.